The van der Waals surface area contributed by atoms with Crippen LogP contribution in [-0.2, 0) is 6.54 Å². The summed E-state index contributed by atoms with van der Waals surface area (Å²) in [5.74, 6) is 1.46. The van der Waals surface area contributed by atoms with Gasteiger partial charge in [-0.3, -0.25) is 0 Å². The summed E-state index contributed by atoms with van der Waals surface area (Å²) in [7, 11) is 0. The van der Waals surface area contributed by atoms with Gasteiger partial charge in [-0.05, 0) is 44.7 Å². The van der Waals surface area contributed by atoms with Gasteiger partial charge in [-0.25, -0.2) is 4.98 Å². The van der Waals surface area contributed by atoms with Gasteiger partial charge in [0.1, 0.15) is 0 Å². The Morgan fingerprint density at radius 1 is 1.47 bits per heavy atom. The highest BCUT2D eigenvalue weighted by Gasteiger charge is 2.17. The molecule has 1 N–H and O–H groups in total. The molecule has 1 aromatic rings. The van der Waals surface area contributed by atoms with Crippen LogP contribution in [0.3, 0.4) is 0 Å². The van der Waals surface area contributed by atoms with Crippen molar-refractivity contribution in [3.63, 3.8) is 0 Å². The fraction of sp³-hybridized carbons (Fsp3) is 0.786. The third kappa shape index (κ3) is 3.09. The molecule has 0 aliphatic carbocycles. The molecule has 0 bridgehead atoms. The molecule has 0 saturated carbocycles. The van der Waals surface area contributed by atoms with Gasteiger partial charge in [0.05, 0.1) is 6.33 Å². The zero-order valence-corrected chi connectivity index (χ0v) is 11.2. The Kier molecular flexibility index (Phi) is 4.60. The summed E-state index contributed by atoms with van der Waals surface area (Å²) in [4.78, 5) is 4.35. The molecule has 0 aromatic carbocycles. The predicted octanol–water partition coefficient (Wildman–Crippen LogP) is 2.79. The number of piperidine rings is 1. The van der Waals surface area contributed by atoms with Crippen LogP contribution >= 0.6 is 0 Å². The summed E-state index contributed by atoms with van der Waals surface area (Å²) in [5.41, 5.74) is 1.43. The molecule has 0 radical (unpaired) electrons. The lowest BCUT2D eigenvalue weighted by Crippen LogP contribution is -2.32. The van der Waals surface area contributed by atoms with Crippen molar-refractivity contribution < 1.29 is 0 Å². The van der Waals surface area contributed by atoms with Gasteiger partial charge in [-0.15, -0.1) is 0 Å². The Hall–Kier alpha value is -0.830. The molecule has 1 aliphatic rings. The van der Waals surface area contributed by atoms with Crippen LogP contribution in [-0.4, -0.2) is 22.6 Å². The van der Waals surface area contributed by atoms with Crippen LogP contribution in [0.4, 0.5) is 0 Å². The molecule has 1 fully saturated rings. The van der Waals surface area contributed by atoms with Crippen molar-refractivity contribution in [3.8, 4) is 0 Å². The second-order valence-electron chi connectivity index (χ2n) is 5.20. The minimum atomic E-state index is 0.675. The van der Waals surface area contributed by atoms with E-state index in [4.69, 9.17) is 0 Å². The van der Waals surface area contributed by atoms with E-state index in [1.165, 1.54) is 44.5 Å². The molecule has 0 spiro atoms. The highest BCUT2D eigenvalue weighted by Crippen LogP contribution is 2.24. The van der Waals surface area contributed by atoms with Crippen molar-refractivity contribution in [1.82, 2.24) is 14.9 Å². The third-order valence-corrected chi connectivity index (χ3v) is 4.00. The summed E-state index contributed by atoms with van der Waals surface area (Å²) >= 11 is 0. The monoisotopic (exact) mass is 235 g/mol. The summed E-state index contributed by atoms with van der Waals surface area (Å²) in [6, 6.07) is 0. The summed E-state index contributed by atoms with van der Waals surface area (Å²) in [5, 5.41) is 3.49. The van der Waals surface area contributed by atoms with Gasteiger partial charge < -0.3 is 9.88 Å². The maximum Gasteiger partial charge on any atom is 0.0948 e. The van der Waals surface area contributed by atoms with Crippen molar-refractivity contribution >= 4 is 0 Å². The Bertz CT molecular complexity index is 322. The van der Waals surface area contributed by atoms with Crippen LogP contribution in [0.1, 0.15) is 51.1 Å². The van der Waals surface area contributed by atoms with Crippen LogP contribution in [0.15, 0.2) is 12.5 Å². The molecular weight excluding hydrogens is 210 g/mol. The first-order valence-electron chi connectivity index (χ1n) is 7.05. The molecule has 2 rings (SSSR count). The lowest BCUT2D eigenvalue weighted by molar-refractivity contribution is 0.331. The SMILES string of the molecule is CCC(CC)c1cncn1CC1CCCNC1. The number of hydrogen-bond acceptors (Lipinski definition) is 2. The Morgan fingerprint density at radius 3 is 2.94 bits per heavy atom. The van der Waals surface area contributed by atoms with Crippen molar-refractivity contribution in [2.24, 2.45) is 5.92 Å². The number of aromatic nitrogens is 2. The zero-order chi connectivity index (χ0) is 12.1. The van der Waals surface area contributed by atoms with Gasteiger partial charge in [-0.1, -0.05) is 13.8 Å². The molecule has 1 aromatic heterocycles. The number of nitrogens with one attached hydrogen (secondary N) is 1. The van der Waals surface area contributed by atoms with Crippen LogP contribution < -0.4 is 5.32 Å². The molecule has 1 aliphatic heterocycles. The van der Waals surface area contributed by atoms with E-state index in [0.29, 0.717) is 5.92 Å². The zero-order valence-electron chi connectivity index (χ0n) is 11.2. The quantitative estimate of drug-likeness (QED) is 0.850. The van der Waals surface area contributed by atoms with Crippen molar-refractivity contribution in [2.75, 3.05) is 13.1 Å². The highest BCUT2D eigenvalue weighted by molar-refractivity contribution is 5.06. The topological polar surface area (TPSA) is 29.9 Å². The van der Waals surface area contributed by atoms with Crippen molar-refractivity contribution in [2.45, 2.75) is 52.0 Å². The van der Waals surface area contributed by atoms with Gasteiger partial charge in [0.25, 0.3) is 0 Å². The second-order valence-corrected chi connectivity index (χ2v) is 5.20. The van der Waals surface area contributed by atoms with Crippen LogP contribution in [0.5, 0.6) is 0 Å². The first-order chi connectivity index (χ1) is 8.35. The molecule has 2 heterocycles. The van der Waals surface area contributed by atoms with Crippen LogP contribution in [0.2, 0.25) is 0 Å². The number of imidazole rings is 1. The predicted molar refractivity (Wildman–Crippen MR) is 71.1 cm³/mol. The van der Waals surface area contributed by atoms with E-state index in [1.807, 2.05) is 6.33 Å². The summed E-state index contributed by atoms with van der Waals surface area (Å²) in [6.45, 7) is 8.04. The normalized spacial score (nSPS) is 21.0. The van der Waals surface area contributed by atoms with Gasteiger partial charge >= 0.3 is 0 Å². The fourth-order valence-corrected chi connectivity index (χ4v) is 2.89. The molecule has 1 unspecified atom stereocenters. The first-order valence-corrected chi connectivity index (χ1v) is 7.05. The van der Waals surface area contributed by atoms with Gasteiger partial charge in [0, 0.05) is 24.4 Å². The maximum absolute atomic E-state index is 4.35. The van der Waals surface area contributed by atoms with E-state index in [1.54, 1.807) is 0 Å². The van der Waals surface area contributed by atoms with E-state index < -0.39 is 0 Å². The molecular formula is C14H25N3. The minimum absolute atomic E-state index is 0.675. The molecule has 1 saturated heterocycles. The molecule has 17 heavy (non-hydrogen) atoms. The molecule has 1 atom stereocenters. The number of hydrogen-bond donors (Lipinski definition) is 1. The Balaban J connectivity index is 2.02. The standard InChI is InChI=1S/C14H25N3/c1-3-13(4-2)14-9-16-11-17(14)10-12-6-5-7-15-8-12/h9,11-13,15H,3-8,10H2,1-2H3. The minimum Gasteiger partial charge on any atom is -0.334 e. The van der Waals surface area contributed by atoms with Gasteiger partial charge in [-0.2, -0.15) is 0 Å². The number of rotatable bonds is 5. The largest absolute Gasteiger partial charge is 0.334 e. The third-order valence-electron chi connectivity index (χ3n) is 4.00. The fourth-order valence-electron chi connectivity index (χ4n) is 2.89. The summed E-state index contributed by atoms with van der Waals surface area (Å²) < 4.78 is 2.38. The Morgan fingerprint density at radius 2 is 2.29 bits per heavy atom. The summed E-state index contributed by atoms with van der Waals surface area (Å²) in [6.07, 6.45) is 9.18. The van der Waals surface area contributed by atoms with Crippen LogP contribution in [0, 0.1) is 5.92 Å². The lowest BCUT2D eigenvalue weighted by Gasteiger charge is -2.25. The second kappa shape index (κ2) is 6.20. The van der Waals surface area contributed by atoms with Crippen molar-refractivity contribution in [3.05, 3.63) is 18.2 Å². The van der Waals surface area contributed by atoms with E-state index >= 15 is 0 Å². The smallest absolute Gasteiger partial charge is 0.0948 e. The molecule has 3 heteroatoms. The first kappa shape index (κ1) is 12.6. The van der Waals surface area contributed by atoms with Gasteiger partial charge in [0.15, 0.2) is 0 Å². The van der Waals surface area contributed by atoms with E-state index in [-0.39, 0.29) is 0 Å². The average Bonchev–Trinajstić information content (AvgIpc) is 2.81. The molecule has 96 valence electrons. The molecule has 3 nitrogen and oxygen atoms in total. The van der Waals surface area contributed by atoms with Crippen molar-refractivity contribution in [1.29, 1.82) is 0 Å². The van der Waals surface area contributed by atoms with E-state index in [2.05, 4.69) is 34.9 Å². The van der Waals surface area contributed by atoms with Gasteiger partial charge in [0.2, 0.25) is 0 Å². The van der Waals surface area contributed by atoms with E-state index in [0.717, 1.165) is 12.5 Å². The average molecular weight is 235 g/mol. The lowest BCUT2D eigenvalue weighted by atomic mass is 9.97. The Labute approximate surface area is 105 Å². The highest BCUT2D eigenvalue weighted by atomic mass is 15.1. The van der Waals surface area contributed by atoms with E-state index in [9.17, 15) is 0 Å². The molecule has 0 amide bonds. The number of nitrogens with zero attached hydrogens (tertiary/aromatic N) is 2. The maximum atomic E-state index is 4.35. The van der Waals surface area contributed by atoms with Crippen LogP contribution in [0.25, 0.3) is 0 Å².